The Morgan fingerprint density at radius 3 is 2.09 bits per heavy atom. The smallest absolute Gasteiger partial charge is 0.398 e. The van der Waals surface area contributed by atoms with Crippen molar-refractivity contribution in [2.24, 2.45) is 22.6 Å². The van der Waals surface area contributed by atoms with E-state index in [2.05, 4.69) is 20.0 Å². The van der Waals surface area contributed by atoms with Crippen LogP contribution >= 0.6 is 0 Å². The molecule has 2 atom stereocenters. The molecule has 4 N–H and O–H groups in total. The van der Waals surface area contributed by atoms with Gasteiger partial charge in [0.15, 0.2) is 0 Å². The van der Waals surface area contributed by atoms with Gasteiger partial charge in [-0.1, -0.05) is 60.7 Å². The van der Waals surface area contributed by atoms with E-state index in [1.807, 2.05) is 4.90 Å². The second-order valence-corrected chi connectivity index (χ2v) is 10.5. The van der Waals surface area contributed by atoms with Crippen molar-refractivity contribution in [2.75, 3.05) is 18.0 Å². The highest BCUT2D eigenvalue weighted by molar-refractivity contribution is 6.13. The fraction of sp³-hybridized carbons (Fsp3) is 0.323. The molecule has 1 aromatic heterocycles. The zero-order chi connectivity index (χ0) is 31.4. The van der Waals surface area contributed by atoms with Crippen LogP contribution < -0.4 is 20.7 Å². The van der Waals surface area contributed by atoms with E-state index in [-0.39, 0.29) is 17.3 Å². The molecule has 2 fully saturated rings. The quantitative estimate of drug-likeness (QED) is 0.324. The van der Waals surface area contributed by atoms with E-state index >= 15 is 0 Å². The maximum Gasteiger partial charge on any atom is 0.398 e. The van der Waals surface area contributed by atoms with Gasteiger partial charge in [0, 0.05) is 30.3 Å². The van der Waals surface area contributed by atoms with Gasteiger partial charge >= 0.3 is 12.8 Å². The lowest BCUT2D eigenvalue weighted by Crippen LogP contribution is -2.56. The molecule has 2 aromatic carbocycles. The summed E-state index contributed by atoms with van der Waals surface area (Å²) in [6.45, 7) is -2.27. The maximum atomic E-state index is 14.5. The van der Waals surface area contributed by atoms with Crippen molar-refractivity contribution >= 4 is 17.6 Å². The summed E-state index contributed by atoms with van der Waals surface area (Å²) in [5.41, 5.74) is 7.32. The molecule has 2 aliphatic rings. The molecule has 5 rings (SSSR count). The Labute approximate surface area is 250 Å². The zero-order valence-corrected chi connectivity index (χ0v) is 23.3. The molecule has 0 spiro atoms. The number of hydrogen-bond acceptors (Lipinski definition) is 7. The number of pyridine rings is 1. The number of aliphatic hydroxyl groups excluding tert-OH is 1. The van der Waals surface area contributed by atoms with Crippen LogP contribution in [0.4, 0.5) is 27.8 Å². The minimum atomic E-state index is -5.00. The Kier molecular flexibility index (Phi) is 9.14. The average molecular weight is 616 g/mol. The first-order valence-corrected chi connectivity index (χ1v) is 13.9. The van der Waals surface area contributed by atoms with Gasteiger partial charge in [0.25, 0.3) is 5.91 Å². The van der Waals surface area contributed by atoms with Crippen LogP contribution in [0.5, 0.6) is 5.75 Å². The van der Waals surface area contributed by atoms with Crippen molar-refractivity contribution in [2.45, 2.75) is 37.8 Å². The van der Waals surface area contributed by atoms with E-state index in [9.17, 15) is 31.9 Å². The molecular formula is C31H30F5N5O3. The molecular weight excluding hydrogens is 585 g/mol. The van der Waals surface area contributed by atoms with Crippen LogP contribution in [0, 0.1) is 11.8 Å². The molecule has 232 valence electrons. The lowest BCUT2D eigenvalue weighted by molar-refractivity contribution is -0.191. The van der Waals surface area contributed by atoms with Gasteiger partial charge in [0.05, 0.1) is 6.20 Å². The summed E-state index contributed by atoms with van der Waals surface area (Å²) in [6.07, 6.45) is -5.58. The highest BCUT2D eigenvalue weighted by Gasteiger charge is 2.54. The van der Waals surface area contributed by atoms with Crippen molar-refractivity contribution in [3.8, 4) is 5.75 Å². The molecule has 2 aliphatic heterocycles. The zero-order valence-electron chi connectivity index (χ0n) is 23.3. The monoisotopic (exact) mass is 615 g/mol. The van der Waals surface area contributed by atoms with Crippen molar-refractivity contribution in [3.05, 3.63) is 101 Å². The topological polar surface area (TPSA) is 113 Å². The molecule has 3 aromatic rings. The number of allylic oxidation sites excluding steroid dienone is 1. The Morgan fingerprint density at radius 1 is 1.00 bits per heavy atom. The van der Waals surface area contributed by atoms with Crippen molar-refractivity contribution < 1.29 is 36.6 Å². The fourth-order valence-electron chi connectivity index (χ4n) is 5.59. The second-order valence-electron chi connectivity index (χ2n) is 10.5. The number of nitrogens with zero attached hydrogens (tertiary/aromatic N) is 3. The van der Waals surface area contributed by atoms with E-state index in [0.717, 1.165) is 0 Å². The third kappa shape index (κ3) is 6.83. The van der Waals surface area contributed by atoms with Gasteiger partial charge in [-0.3, -0.25) is 9.79 Å². The summed E-state index contributed by atoms with van der Waals surface area (Å²) >= 11 is 0. The van der Waals surface area contributed by atoms with Gasteiger partial charge < -0.3 is 25.8 Å². The Morgan fingerprint density at radius 2 is 1.59 bits per heavy atom. The number of nitrogens with two attached hydrogens (primary N) is 1. The van der Waals surface area contributed by atoms with Gasteiger partial charge in [0.2, 0.25) is 0 Å². The normalized spacial score (nSPS) is 22.0. The number of rotatable bonds is 7. The predicted molar refractivity (Wildman–Crippen MR) is 153 cm³/mol. The number of aliphatic hydroxyl groups is 1. The minimum Gasteiger partial charge on any atom is -0.433 e. The van der Waals surface area contributed by atoms with Crippen molar-refractivity contribution in [3.63, 3.8) is 0 Å². The molecule has 1 amide bonds. The first-order valence-electron chi connectivity index (χ1n) is 13.9. The number of aliphatic imine (C=N–C) groups is 1. The van der Waals surface area contributed by atoms with Crippen LogP contribution in [-0.2, 0) is 4.79 Å². The summed E-state index contributed by atoms with van der Waals surface area (Å²) in [5.74, 6) is -4.28. The molecule has 0 aliphatic carbocycles. The highest BCUT2D eigenvalue weighted by Crippen LogP contribution is 2.41. The number of anilines is 1. The number of carbonyl (C=O) groups excluding carboxylic acids is 1. The van der Waals surface area contributed by atoms with Crippen molar-refractivity contribution in [1.29, 1.82) is 0 Å². The predicted octanol–water partition coefficient (Wildman–Crippen LogP) is 4.97. The molecule has 44 heavy (non-hydrogen) atoms. The number of hydrogen-bond donors (Lipinski definition) is 3. The van der Waals surface area contributed by atoms with E-state index in [1.54, 1.807) is 60.7 Å². The molecule has 0 saturated carbocycles. The highest BCUT2D eigenvalue weighted by atomic mass is 19.4. The van der Waals surface area contributed by atoms with Crippen LogP contribution in [-0.4, -0.2) is 53.8 Å². The van der Waals surface area contributed by atoms with Crippen LogP contribution in [0.25, 0.3) is 0 Å². The van der Waals surface area contributed by atoms with E-state index in [1.165, 1.54) is 18.3 Å². The standard InChI is InChI=1S/C31H30F5N5O3/c32-30(33)44-21-11-12-22(38-17-21)41-15-13-18(14-16-41)25(37)23-24(31(34,35)36)27(42)29(43)40-28(23)39-26(19-7-3-1-4-8-19)20-9-5-2-6-10-20/h1-12,17-18,24,26-27,30,42H,13-16,37H2,(H,39,40,43)/t24-,27-/m1/s1. The molecule has 0 bridgehead atoms. The second kappa shape index (κ2) is 13.0. The van der Waals surface area contributed by atoms with Crippen LogP contribution in [0.15, 0.2) is 95.3 Å². The largest absolute Gasteiger partial charge is 0.433 e. The SMILES string of the molecule is NC(=C1C(=NC(c2ccccc2)c2ccccc2)NC(=O)[C@H](O)[C@@H]1C(F)(F)F)C1CCN(c2ccc(OC(F)F)cn2)CC1. The summed E-state index contributed by atoms with van der Waals surface area (Å²) < 4.78 is 72.9. The molecule has 0 radical (unpaired) electrons. The van der Waals surface area contributed by atoms with Crippen LogP contribution in [0.3, 0.4) is 0 Å². The molecule has 8 nitrogen and oxygen atoms in total. The number of benzene rings is 2. The maximum absolute atomic E-state index is 14.5. The molecule has 3 heterocycles. The summed E-state index contributed by atoms with van der Waals surface area (Å²) in [7, 11) is 0. The number of nitrogens with one attached hydrogen (secondary N) is 1. The number of ether oxygens (including phenoxy) is 1. The third-order valence-electron chi connectivity index (χ3n) is 7.75. The fourth-order valence-corrected chi connectivity index (χ4v) is 5.59. The molecule has 2 saturated heterocycles. The van der Waals surface area contributed by atoms with Gasteiger partial charge in [0.1, 0.15) is 35.5 Å². The van der Waals surface area contributed by atoms with Crippen molar-refractivity contribution in [1.82, 2.24) is 10.3 Å². The molecule has 0 unspecified atom stereocenters. The number of halogens is 5. The lowest BCUT2D eigenvalue weighted by Gasteiger charge is -2.38. The number of amides is 1. The van der Waals surface area contributed by atoms with Gasteiger partial charge in [-0.2, -0.15) is 22.0 Å². The average Bonchev–Trinajstić information content (AvgIpc) is 3.01. The Hall–Kier alpha value is -4.52. The van der Waals surface area contributed by atoms with E-state index in [0.29, 0.717) is 42.9 Å². The molecule has 13 heteroatoms. The summed E-state index contributed by atoms with van der Waals surface area (Å²) in [4.78, 5) is 23.3. The number of piperidine rings is 2. The van der Waals surface area contributed by atoms with Gasteiger partial charge in [-0.05, 0) is 36.1 Å². The van der Waals surface area contributed by atoms with Crippen LogP contribution in [0.1, 0.15) is 30.0 Å². The van der Waals surface area contributed by atoms with Gasteiger partial charge in [-0.25, -0.2) is 4.98 Å². The summed E-state index contributed by atoms with van der Waals surface area (Å²) in [5, 5.41) is 12.9. The van der Waals surface area contributed by atoms with E-state index in [4.69, 9.17) is 5.73 Å². The number of amidine groups is 1. The Bertz CT molecular complexity index is 1450. The first-order chi connectivity index (χ1) is 21.0. The van der Waals surface area contributed by atoms with Crippen LogP contribution in [0.2, 0.25) is 0 Å². The number of aromatic nitrogens is 1. The first kappa shape index (κ1) is 30.9. The summed E-state index contributed by atoms with van der Waals surface area (Å²) in [6, 6.07) is 19.9. The van der Waals surface area contributed by atoms with E-state index < -0.39 is 48.2 Å². The lowest BCUT2D eigenvalue weighted by atomic mass is 9.81. The third-order valence-corrected chi connectivity index (χ3v) is 7.75. The Balaban J connectivity index is 1.50. The minimum absolute atomic E-state index is 0.0974. The number of carbonyl (C=O) groups is 1. The number of alkyl halides is 5. The van der Waals surface area contributed by atoms with Gasteiger partial charge in [-0.15, -0.1) is 0 Å².